The quantitative estimate of drug-likeness (QED) is 0.864. The van der Waals surface area contributed by atoms with Gasteiger partial charge in [-0.2, -0.15) is 0 Å². The summed E-state index contributed by atoms with van der Waals surface area (Å²) in [5.41, 5.74) is 1.03. The third-order valence-electron chi connectivity index (χ3n) is 2.33. The average molecular weight is 232 g/mol. The molecule has 1 N–H and O–H groups in total. The minimum atomic E-state index is -0.329. The molecule has 0 saturated heterocycles. The zero-order valence-electron chi connectivity index (χ0n) is 9.70. The lowest BCUT2D eigenvalue weighted by Gasteiger charge is -2.08. The van der Waals surface area contributed by atoms with E-state index in [0.717, 1.165) is 5.39 Å². The van der Waals surface area contributed by atoms with Crippen LogP contribution in [0.15, 0.2) is 30.5 Å². The molecule has 3 nitrogen and oxygen atoms in total. The van der Waals surface area contributed by atoms with Gasteiger partial charge in [0.15, 0.2) is 0 Å². The van der Waals surface area contributed by atoms with Crippen LogP contribution in [-0.4, -0.2) is 16.9 Å². The normalized spacial score (nSPS) is 10.8. The number of hydrogen-bond donors (Lipinski definition) is 1. The minimum absolute atomic E-state index is 0.0754. The lowest BCUT2D eigenvalue weighted by Crippen LogP contribution is -2.30. The Morgan fingerprint density at radius 1 is 1.35 bits per heavy atom. The molecule has 0 aliphatic carbocycles. The van der Waals surface area contributed by atoms with Crippen LogP contribution in [-0.2, 0) is 0 Å². The largest absolute Gasteiger partial charge is 0.350 e. The average Bonchev–Trinajstić information content (AvgIpc) is 2.27. The Labute approximate surface area is 98.7 Å². The SMILES string of the molecule is CC(C)NC(=O)c1cnc2cc(F)ccc2c1. The highest BCUT2D eigenvalue weighted by atomic mass is 19.1. The zero-order valence-corrected chi connectivity index (χ0v) is 9.70. The van der Waals surface area contributed by atoms with Crippen LogP contribution < -0.4 is 5.32 Å². The lowest BCUT2D eigenvalue weighted by molar-refractivity contribution is 0.0943. The number of benzene rings is 1. The van der Waals surface area contributed by atoms with Gasteiger partial charge in [-0.3, -0.25) is 9.78 Å². The van der Waals surface area contributed by atoms with Crippen LogP contribution in [0.5, 0.6) is 0 Å². The molecule has 4 heteroatoms. The molecule has 1 aromatic heterocycles. The monoisotopic (exact) mass is 232 g/mol. The number of amides is 1. The van der Waals surface area contributed by atoms with E-state index in [1.54, 1.807) is 12.1 Å². The van der Waals surface area contributed by atoms with Crippen molar-refractivity contribution in [3.63, 3.8) is 0 Å². The molecule has 0 fully saturated rings. The molecule has 2 aromatic rings. The molecule has 0 aliphatic rings. The second kappa shape index (κ2) is 4.49. The van der Waals surface area contributed by atoms with Gasteiger partial charge in [0.05, 0.1) is 11.1 Å². The van der Waals surface area contributed by atoms with Gasteiger partial charge < -0.3 is 5.32 Å². The number of nitrogens with zero attached hydrogens (tertiary/aromatic N) is 1. The summed E-state index contributed by atoms with van der Waals surface area (Å²) in [7, 11) is 0. The van der Waals surface area contributed by atoms with Crippen LogP contribution >= 0.6 is 0 Å². The minimum Gasteiger partial charge on any atom is -0.350 e. The summed E-state index contributed by atoms with van der Waals surface area (Å²) in [5, 5.41) is 3.53. The van der Waals surface area contributed by atoms with Crippen LogP contribution in [0.4, 0.5) is 4.39 Å². The summed E-state index contributed by atoms with van der Waals surface area (Å²) in [5.74, 6) is -0.497. The maximum atomic E-state index is 12.9. The lowest BCUT2D eigenvalue weighted by atomic mass is 10.1. The maximum absolute atomic E-state index is 12.9. The second-order valence-electron chi connectivity index (χ2n) is 4.19. The molecule has 1 heterocycles. The number of carbonyl (C=O) groups excluding carboxylic acids is 1. The van der Waals surface area contributed by atoms with Crippen molar-refractivity contribution in [1.29, 1.82) is 0 Å². The van der Waals surface area contributed by atoms with Crippen molar-refractivity contribution in [2.75, 3.05) is 0 Å². The Bertz CT molecular complexity index is 566. The van der Waals surface area contributed by atoms with Crippen molar-refractivity contribution < 1.29 is 9.18 Å². The summed E-state index contributed by atoms with van der Waals surface area (Å²) in [4.78, 5) is 15.8. The molecule has 1 aromatic carbocycles. The first kappa shape index (κ1) is 11.5. The molecule has 88 valence electrons. The van der Waals surface area contributed by atoms with Gasteiger partial charge >= 0.3 is 0 Å². The summed E-state index contributed by atoms with van der Waals surface area (Å²) < 4.78 is 12.9. The second-order valence-corrected chi connectivity index (χ2v) is 4.19. The summed E-state index contributed by atoms with van der Waals surface area (Å²) in [6, 6.07) is 6.10. The number of hydrogen-bond acceptors (Lipinski definition) is 2. The van der Waals surface area contributed by atoms with Crippen molar-refractivity contribution in [3.05, 3.63) is 41.8 Å². The fourth-order valence-corrected chi connectivity index (χ4v) is 1.56. The molecule has 1 amide bonds. The maximum Gasteiger partial charge on any atom is 0.253 e. The van der Waals surface area contributed by atoms with Gasteiger partial charge in [-0.1, -0.05) is 0 Å². The van der Waals surface area contributed by atoms with Crippen molar-refractivity contribution in [2.24, 2.45) is 0 Å². The van der Waals surface area contributed by atoms with Gasteiger partial charge in [-0.25, -0.2) is 4.39 Å². The highest BCUT2D eigenvalue weighted by Crippen LogP contribution is 2.14. The molecule has 0 atom stereocenters. The summed E-state index contributed by atoms with van der Waals surface area (Å²) in [6.07, 6.45) is 1.46. The molecular weight excluding hydrogens is 219 g/mol. The van der Waals surface area contributed by atoms with Crippen molar-refractivity contribution in [3.8, 4) is 0 Å². The van der Waals surface area contributed by atoms with E-state index in [1.807, 2.05) is 13.8 Å². The number of pyridine rings is 1. The molecular formula is C13H13FN2O. The van der Waals surface area contributed by atoms with Crippen molar-refractivity contribution >= 4 is 16.8 Å². The Morgan fingerprint density at radius 2 is 2.12 bits per heavy atom. The highest BCUT2D eigenvalue weighted by Gasteiger charge is 2.08. The van der Waals surface area contributed by atoms with Crippen molar-refractivity contribution in [2.45, 2.75) is 19.9 Å². The van der Waals surface area contributed by atoms with Crippen LogP contribution in [0.3, 0.4) is 0 Å². The van der Waals surface area contributed by atoms with E-state index in [1.165, 1.54) is 18.3 Å². The number of fused-ring (bicyclic) bond motifs is 1. The van der Waals surface area contributed by atoms with Crippen LogP contribution in [0.25, 0.3) is 10.9 Å². The van der Waals surface area contributed by atoms with E-state index in [0.29, 0.717) is 11.1 Å². The van der Waals surface area contributed by atoms with Crippen LogP contribution in [0.2, 0.25) is 0 Å². The third-order valence-corrected chi connectivity index (χ3v) is 2.33. The van der Waals surface area contributed by atoms with E-state index in [-0.39, 0.29) is 17.8 Å². The molecule has 2 rings (SSSR count). The first-order chi connectivity index (χ1) is 8.06. The first-order valence-corrected chi connectivity index (χ1v) is 5.42. The van der Waals surface area contributed by atoms with E-state index < -0.39 is 0 Å². The number of nitrogens with one attached hydrogen (secondary N) is 1. The fourth-order valence-electron chi connectivity index (χ4n) is 1.56. The Kier molecular flexibility index (Phi) is 3.04. The standard InChI is InChI=1S/C13H13FN2O/c1-8(2)16-13(17)10-5-9-3-4-11(14)6-12(9)15-7-10/h3-8H,1-2H3,(H,16,17). The predicted octanol–water partition coefficient (Wildman–Crippen LogP) is 2.51. The summed E-state index contributed by atoms with van der Waals surface area (Å²) in [6.45, 7) is 3.78. The van der Waals surface area contributed by atoms with E-state index in [2.05, 4.69) is 10.3 Å². The van der Waals surface area contributed by atoms with Gasteiger partial charge in [-0.15, -0.1) is 0 Å². The Morgan fingerprint density at radius 3 is 2.82 bits per heavy atom. The molecule has 0 aliphatic heterocycles. The van der Waals surface area contributed by atoms with Gasteiger partial charge in [0, 0.05) is 23.7 Å². The number of rotatable bonds is 2. The zero-order chi connectivity index (χ0) is 12.4. The Hall–Kier alpha value is -1.97. The number of halogens is 1. The van der Waals surface area contributed by atoms with Crippen LogP contribution in [0, 0.1) is 5.82 Å². The van der Waals surface area contributed by atoms with E-state index in [4.69, 9.17) is 0 Å². The van der Waals surface area contributed by atoms with Gasteiger partial charge in [0.2, 0.25) is 0 Å². The smallest absolute Gasteiger partial charge is 0.253 e. The predicted molar refractivity (Wildman–Crippen MR) is 64.3 cm³/mol. The third kappa shape index (κ3) is 2.58. The van der Waals surface area contributed by atoms with E-state index >= 15 is 0 Å². The topological polar surface area (TPSA) is 42.0 Å². The molecule has 17 heavy (non-hydrogen) atoms. The van der Waals surface area contributed by atoms with Gasteiger partial charge in [0.25, 0.3) is 5.91 Å². The molecule has 0 radical (unpaired) electrons. The molecule has 0 saturated carbocycles. The van der Waals surface area contributed by atoms with Gasteiger partial charge in [0.1, 0.15) is 5.82 Å². The first-order valence-electron chi connectivity index (χ1n) is 5.42. The van der Waals surface area contributed by atoms with Crippen LogP contribution in [0.1, 0.15) is 24.2 Å². The summed E-state index contributed by atoms with van der Waals surface area (Å²) >= 11 is 0. The number of aromatic nitrogens is 1. The van der Waals surface area contributed by atoms with E-state index in [9.17, 15) is 9.18 Å². The fraction of sp³-hybridized carbons (Fsp3) is 0.231. The molecule has 0 unspecified atom stereocenters. The Balaban J connectivity index is 2.38. The number of carbonyl (C=O) groups is 1. The highest BCUT2D eigenvalue weighted by molar-refractivity contribution is 5.97. The van der Waals surface area contributed by atoms with Crippen molar-refractivity contribution in [1.82, 2.24) is 10.3 Å². The van der Waals surface area contributed by atoms with Gasteiger partial charge in [-0.05, 0) is 32.0 Å². The molecule has 0 bridgehead atoms. The molecule has 0 spiro atoms.